The molecule has 0 saturated heterocycles. The van der Waals surface area contributed by atoms with E-state index in [9.17, 15) is 0 Å². The molecule has 0 aliphatic heterocycles. The van der Waals surface area contributed by atoms with Crippen LogP contribution in [0.1, 0.15) is 30.7 Å². The molecule has 3 nitrogen and oxygen atoms in total. The number of anilines is 1. The Bertz CT molecular complexity index is 339. The van der Waals surface area contributed by atoms with E-state index in [1.807, 2.05) is 12.5 Å². The average Bonchev–Trinajstić information content (AvgIpc) is 2.16. The zero-order chi connectivity index (χ0) is 10.7. The van der Waals surface area contributed by atoms with Crippen LogP contribution in [0.4, 0.5) is 5.69 Å². The van der Waals surface area contributed by atoms with Gasteiger partial charge in [-0.3, -0.25) is 0 Å². The first kappa shape index (κ1) is 10.6. The van der Waals surface area contributed by atoms with Gasteiger partial charge in [0.1, 0.15) is 0 Å². The number of pyridine rings is 1. The molecule has 4 heteroatoms. The second-order valence-electron chi connectivity index (χ2n) is 3.76. The van der Waals surface area contributed by atoms with Gasteiger partial charge in [0, 0.05) is 11.8 Å². The van der Waals surface area contributed by atoms with E-state index in [0.29, 0.717) is 5.92 Å². The lowest BCUT2D eigenvalue weighted by atomic mass is 9.80. The van der Waals surface area contributed by atoms with Crippen molar-refractivity contribution in [2.45, 2.75) is 25.2 Å². The van der Waals surface area contributed by atoms with Crippen molar-refractivity contribution in [2.24, 2.45) is 0 Å². The monoisotopic (exact) mass is 224 g/mol. The minimum absolute atomic E-state index is 0.649. The van der Waals surface area contributed by atoms with Gasteiger partial charge < -0.3 is 9.46 Å². The first-order valence-corrected chi connectivity index (χ1v) is 6.40. The minimum Gasteiger partial charge on any atom is -0.481 e. The molecule has 1 N–H and O–H groups in total. The highest BCUT2D eigenvalue weighted by atomic mass is 32.2. The van der Waals surface area contributed by atoms with Gasteiger partial charge in [-0.05, 0) is 24.8 Å². The maximum absolute atomic E-state index is 5.29. The van der Waals surface area contributed by atoms with Gasteiger partial charge in [0.15, 0.2) is 0 Å². The van der Waals surface area contributed by atoms with Gasteiger partial charge in [-0.2, -0.15) is 0 Å². The second-order valence-corrected chi connectivity index (χ2v) is 4.37. The predicted molar refractivity (Wildman–Crippen MR) is 64.5 cm³/mol. The summed E-state index contributed by atoms with van der Waals surface area (Å²) in [6.07, 6.45) is 7.68. The minimum atomic E-state index is 0.649. The fraction of sp³-hybridized carbons (Fsp3) is 0.545. The summed E-state index contributed by atoms with van der Waals surface area (Å²) in [5.41, 5.74) is 2.31. The molecule has 0 atom stereocenters. The van der Waals surface area contributed by atoms with Crippen LogP contribution >= 0.6 is 11.9 Å². The quantitative estimate of drug-likeness (QED) is 0.797. The van der Waals surface area contributed by atoms with E-state index in [0.717, 1.165) is 11.6 Å². The summed E-state index contributed by atoms with van der Waals surface area (Å²) in [5.74, 6) is 1.43. The summed E-state index contributed by atoms with van der Waals surface area (Å²) >= 11 is 1.58. The Balaban J connectivity index is 2.25. The maximum atomic E-state index is 5.29. The molecule has 2 rings (SSSR count). The molecule has 1 aromatic heterocycles. The van der Waals surface area contributed by atoms with E-state index < -0.39 is 0 Å². The van der Waals surface area contributed by atoms with Crippen molar-refractivity contribution in [3.8, 4) is 5.88 Å². The van der Waals surface area contributed by atoms with Crippen LogP contribution in [-0.4, -0.2) is 18.3 Å². The Morgan fingerprint density at radius 1 is 1.53 bits per heavy atom. The number of methoxy groups -OCH3 is 1. The Kier molecular flexibility index (Phi) is 3.36. The number of ether oxygens (including phenoxy) is 1. The molecule has 1 aromatic rings. The van der Waals surface area contributed by atoms with Gasteiger partial charge in [-0.1, -0.05) is 18.4 Å². The summed E-state index contributed by atoms with van der Waals surface area (Å²) in [6.45, 7) is 0. The lowest BCUT2D eigenvalue weighted by Crippen LogP contribution is -2.11. The standard InChI is InChI=1S/C11H16N2OS/c1-14-11-10(8-4-3-5-8)6-9(7-12-11)13-15-2/h6-8,13H,3-5H2,1-2H3. The molecular weight excluding hydrogens is 208 g/mol. The SMILES string of the molecule is COc1ncc(NSC)cc1C1CCC1. The third kappa shape index (κ3) is 2.20. The van der Waals surface area contributed by atoms with Crippen molar-refractivity contribution in [1.29, 1.82) is 0 Å². The van der Waals surface area contributed by atoms with Crippen molar-refractivity contribution in [3.05, 3.63) is 17.8 Å². The summed E-state index contributed by atoms with van der Waals surface area (Å²) in [5, 5.41) is 0. The lowest BCUT2D eigenvalue weighted by Gasteiger charge is -2.27. The molecule has 0 amide bonds. The van der Waals surface area contributed by atoms with Crippen LogP contribution in [-0.2, 0) is 0 Å². The first-order chi connectivity index (χ1) is 7.35. The largest absolute Gasteiger partial charge is 0.481 e. The summed E-state index contributed by atoms with van der Waals surface area (Å²) < 4.78 is 8.49. The zero-order valence-corrected chi connectivity index (χ0v) is 9.93. The molecule has 1 fully saturated rings. The summed E-state index contributed by atoms with van der Waals surface area (Å²) in [4.78, 5) is 4.32. The molecule has 15 heavy (non-hydrogen) atoms. The van der Waals surface area contributed by atoms with Crippen LogP contribution in [0, 0.1) is 0 Å². The van der Waals surface area contributed by atoms with Crippen LogP contribution in [0.15, 0.2) is 12.3 Å². The Labute approximate surface area is 94.8 Å². The molecule has 1 aliphatic rings. The molecule has 0 bridgehead atoms. The van der Waals surface area contributed by atoms with E-state index in [4.69, 9.17) is 4.74 Å². The van der Waals surface area contributed by atoms with Crippen molar-refractivity contribution in [1.82, 2.24) is 4.98 Å². The van der Waals surface area contributed by atoms with Crippen LogP contribution < -0.4 is 9.46 Å². The van der Waals surface area contributed by atoms with E-state index in [2.05, 4.69) is 15.8 Å². The molecule has 1 heterocycles. The van der Waals surface area contributed by atoms with Crippen molar-refractivity contribution in [2.75, 3.05) is 18.1 Å². The first-order valence-electron chi connectivity index (χ1n) is 5.18. The highest BCUT2D eigenvalue weighted by Crippen LogP contribution is 2.40. The number of nitrogens with one attached hydrogen (secondary N) is 1. The van der Waals surface area contributed by atoms with Crippen LogP contribution in [0.25, 0.3) is 0 Å². The van der Waals surface area contributed by atoms with E-state index in [1.54, 1.807) is 19.1 Å². The number of hydrogen-bond donors (Lipinski definition) is 1. The molecule has 1 saturated carbocycles. The van der Waals surface area contributed by atoms with Crippen molar-refractivity contribution in [3.63, 3.8) is 0 Å². The van der Waals surface area contributed by atoms with Gasteiger partial charge in [0.25, 0.3) is 0 Å². The van der Waals surface area contributed by atoms with Gasteiger partial charge in [-0.15, -0.1) is 0 Å². The fourth-order valence-electron chi connectivity index (χ4n) is 1.83. The molecule has 0 unspecified atom stereocenters. The molecule has 0 aromatic carbocycles. The Hall–Kier alpha value is -0.900. The molecule has 82 valence electrons. The van der Waals surface area contributed by atoms with E-state index >= 15 is 0 Å². The van der Waals surface area contributed by atoms with E-state index in [-0.39, 0.29) is 0 Å². The number of nitrogens with zero attached hydrogens (tertiary/aromatic N) is 1. The average molecular weight is 224 g/mol. The van der Waals surface area contributed by atoms with Crippen molar-refractivity contribution >= 4 is 17.6 Å². The van der Waals surface area contributed by atoms with Gasteiger partial charge >= 0.3 is 0 Å². The maximum Gasteiger partial charge on any atom is 0.216 e. The topological polar surface area (TPSA) is 34.1 Å². The number of rotatable bonds is 4. The molecule has 0 spiro atoms. The van der Waals surface area contributed by atoms with Gasteiger partial charge in [0.05, 0.1) is 19.0 Å². The Morgan fingerprint density at radius 2 is 2.33 bits per heavy atom. The van der Waals surface area contributed by atoms with Crippen LogP contribution in [0.5, 0.6) is 5.88 Å². The van der Waals surface area contributed by atoms with E-state index in [1.165, 1.54) is 24.8 Å². The van der Waals surface area contributed by atoms with Crippen molar-refractivity contribution < 1.29 is 4.74 Å². The lowest BCUT2D eigenvalue weighted by molar-refractivity contribution is 0.362. The number of aromatic nitrogens is 1. The van der Waals surface area contributed by atoms with Gasteiger partial charge in [-0.25, -0.2) is 4.98 Å². The molecular formula is C11H16N2OS. The molecule has 0 radical (unpaired) electrons. The smallest absolute Gasteiger partial charge is 0.216 e. The Morgan fingerprint density at radius 3 is 2.87 bits per heavy atom. The summed E-state index contributed by atoms with van der Waals surface area (Å²) in [7, 11) is 1.69. The predicted octanol–water partition coefficient (Wildman–Crippen LogP) is 3.05. The summed E-state index contributed by atoms with van der Waals surface area (Å²) in [6, 6.07) is 2.16. The zero-order valence-electron chi connectivity index (χ0n) is 9.12. The molecule has 1 aliphatic carbocycles. The normalized spacial score (nSPS) is 15.9. The third-order valence-corrected chi connectivity index (χ3v) is 3.28. The van der Waals surface area contributed by atoms with Crippen LogP contribution in [0.3, 0.4) is 0 Å². The third-order valence-electron chi connectivity index (χ3n) is 2.84. The highest BCUT2D eigenvalue weighted by Gasteiger charge is 2.23. The highest BCUT2D eigenvalue weighted by molar-refractivity contribution is 7.99. The number of hydrogen-bond acceptors (Lipinski definition) is 4. The van der Waals surface area contributed by atoms with Crippen LogP contribution in [0.2, 0.25) is 0 Å². The second kappa shape index (κ2) is 4.75. The fourth-order valence-corrected chi connectivity index (χ4v) is 2.17. The van der Waals surface area contributed by atoms with Gasteiger partial charge in [0.2, 0.25) is 5.88 Å².